The van der Waals surface area contributed by atoms with E-state index in [-0.39, 0.29) is 0 Å². The number of hydrogen-bond donors (Lipinski definition) is 1. The maximum absolute atomic E-state index is 5.82. The van der Waals surface area contributed by atoms with Crippen molar-refractivity contribution in [2.24, 2.45) is 4.99 Å². The van der Waals surface area contributed by atoms with Gasteiger partial charge in [-0.25, -0.2) is 15.0 Å². The molecule has 0 unspecified atom stereocenters. The van der Waals surface area contributed by atoms with E-state index in [4.69, 9.17) is 9.73 Å². The van der Waals surface area contributed by atoms with E-state index in [2.05, 4.69) is 32.5 Å². The summed E-state index contributed by atoms with van der Waals surface area (Å²) in [6.07, 6.45) is 1.76. The number of aryl methyl sites for hydroxylation is 1. The van der Waals surface area contributed by atoms with Crippen molar-refractivity contribution in [3.8, 4) is 5.88 Å². The SMILES string of the molecule is CCNC(=NCc1ccnc(OCc2ccccc2)c1)N(C)Cc1csc(C)n1. The van der Waals surface area contributed by atoms with Crippen molar-refractivity contribution >= 4 is 17.3 Å². The summed E-state index contributed by atoms with van der Waals surface area (Å²) in [4.78, 5) is 15.7. The number of thiazole rings is 1. The van der Waals surface area contributed by atoms with Crippen LogP contribution in [0.25, 0.3) is 0 Å². The summed E-state index contributed by atoms with van der Waals surface area (Å²) in [6, 6.07) is 14.0. The Balaban J connectivity index is 1.62. The van der Waals surface area contributed by atoms with Crippen LogP contribution in [0.5, 0.6) is 5.88 Å². The van der Waals surface area contributed by atoms with Crippen LogP contribution < -0.4 is 10.1 Å². The number of pyridine rings is 1. The van der Waals surface area contributed by atoms with Gasteiger partial charge in [-0.3, -0.25) is 0 Å². The van der Waals surface area contributed by atoms with E-state index in [1.807, 2.05) is 56.4 Å². The standard InChI is InChI=1S/C22H27N5OS/c1-4-23-22(27(3)14-20-16-29-17(2)26-20)25-13-19-10-11-24-21(12-19)28-15-18-8-6-5-7-9-18/h5-12,16H,4,13-15H2,1-3H3,(H,23,25). The van der Waals surface area contributed by atoms with Gasteiger partial charge in [0, 0.05) is 31.2 Å². The van der Waals surface area contributed by atoms with Crippen LogP contribution in [-0.2, 0) is 19.7 Å². The summed E-state index contributed by atoms with van der Waals surface area (Å²) in [5.41, 5.74) is 3.23. The molecule has 0 aliphatic heterocycles. The van der Waals surface area contributed by atoms with Crippen LogP contribution in [0, 0.1) is 6.92 Å². The highest BCUT2D eigenvalue weighted by atomic mass is 32.1. The molecule has 0 fully saturated rings. The Bertz CT molecular complexity index is 926. The van der Waals surface area contributed by atoms with Gasteiger partial charge in [-0.05, 0) is 31.0 Å². The van der Waals surface area contributed by atoms with E-state index in [9.17, 15) is 0 Å². The number of aliphatic imine (C=N–C) groups is 1. The van der Waals surface area contributed by atoms with Crippen molar-refractivity contribution in [2.45, 2.75) is 33.5 Å². The Kier molecular flexibility index (Phi) is 7.58. The minimum Gasteiger partial charge on any atom is -0.473 e. The zero-order chi connectivity index (χ0) is 20.5. The number of benzene rings is 1. The largest absolute Gasteiger partial charge is 0.473 e. The van der Waals surface area contributed by atoms with Crippen LogP contribution in [0.3, 0.4) is 0 Å². The molecule has 0 radical (unpaired) electrons. The second-order valence-electron chi connectivity index (χ2n) is 6.66. The number of nitrogens with one attached hydrogen (secondary N) is 1. The molecule has 7 heteroatoms. The molecule has 2 heterocycles. The lowest BCUT2D eigenvalue weighted by molar-refractivity contribution is 0.293. The molecule has 0 saturated heterocycles. The number of rotatable bonds is 8. The third-order valence-corrected chi connectivity index (χ3v) is 5.02. The second-order valence-corrected chi connectivity index (χ2v) is 7.72. The number of aromatic nitrogens is 2. The van der Waals surface area contributed by atoms with Crippen LogP contribution in [0.15, 0.2) is 59.0 Å². The molecule has 152 valence electrons. The van der Waals surface area contributed by atoms with Gasteiger partial charge in [0.1, 0.15) is 6.61 Å². The highest BCUT2D eigenvalue weighted by Gasteiger charge is 2.09. The number of hydrogen-bond acceptors (Lipinski definition) is 5. The molecule has 0 amide bonds. The average molecular weight is 410 g/mol. The molecule has 2 aromatic heterocycles. The van der Waals surface area contributed by atoms with Gasteiger partial charge in [-0.1, -0.05) is 30.3 Å². The molecule has 0 saturated carbocycles. The fourth-order valence-electron chi connectivity index (χ4n) is 2.79. The summed E-state index contributed by atoms with van der Waals surface area (Å²) >= 11 is 1.67. The van der Waals surface area contributed by atoms with Crippen LogP contribution in [-0.4, -0.2) is 34.4 Å². The summed E-state index contributed by atoms with van der Waals surface area (Å²) in [5.74, 6) is 1.46. The Morgan fingerprint density at radius 3 is 2.76 bits per heavy atom. The summed E-state index contributed by atoms with van der Waals surface area (Å²) in [5, 5.41) is 6.52. The fourth-order valence-corrected chi connectivity index (χ4v) is 3.40. The topological polar surface area (TPSA) is 62.6 Å². The molecule has 0 bridgehead atoms. The maximum atomic E-state index is 5.82. The van der Waals surface area contributed by atoms with Crippen LogP contribution in [0.1, 0.15) is 28.8 Å². The molecule has 0 aliphatic carbocycles. The highest BCUT2D eigenvalue weighted by Crippen LogP contribution is 2.13. The van der Waals surface area contributed by atoms with Gasteiger partial charge in [0.2, 0.25) is 5.88 Å². The van der Waals surface area contributed by atoms with E-state index in [0.717, 1.165) is 40.9 Å². The number of ether oxygens (including phenoxy) is 1. The lowest BCUT2D eigenvalue weighted by atomic mass is 10.2. The number of guanidine groups is 1. The van der Waals surface area contributed by atoms with Crippen molar-refractivity contribution in [2.75, 3.05) is 13.6 Å². The zero-order valence-electron chi connectivity index (χ0n) is 17.1. The van der Waals surface area contributed by atoms with Crippen molar-refractivity contribution in [3.05, 3.63) is 75.9 Å². The molecule has 0 spiro atoms. The van der Waals surface area contributed by atoms with Gasteiger partial charge in [-0.15, -0.1) is 11.3 Å². The monoisotopic (exact) mass is 409 g/mol. The first-order valence-corrected chi connectivity index (χ1v) is 10.5. The molecule has 29 heavy (non-hydrogen) atoms. The Hall–Kier alpha value is -2.93. The molecule has 0 atom stereocenters. The molecule has 0 aliphatic rings. The summed E-state index contributed by atoms with van der Waals surface area (Å²) < 4.78 is 5.82. The van der Waals surface area contributed by atoms with Gasteiger partial charge in [0.15, 0.2) is 5.96 Å². The average Bonchev–Trinajstić information content (AvgIpc) is 3.15. The lowest BCUT2D eigenvalue weighted by Crippen LogP contribution is -2.38. The van der Waals surface area contributed by atoms with Crippen LogP contribution in [0.4, 0.5) is 0 Å². The van der Waals surface area contributed by atoms with Gasteiger partial charge < -0.3 is 15.0 Å². The minimum absolute atomic E-state index is 0.499. The predicted molar refractivity (Wildman–Crippen MR) is 118 cm³/mol. The quantitative estimate of drug-likeness (QED) is 0.450. The predicted octanol–water partition coefficient (Wildman–Crippen LogP) is 4.02. The van der Waals surface area contributed by atoms with Gasteiger partial charge in [0.25, 0.3) is 0 Å². The van der Waals surface area contributed by atoms with E-state index in [1.54, 1.807) is 17.5 Å². The van der Waals surface area contributed by atoms with Crippen LogP contribution >= 0.6 is 11.3 Å². The Morgan fingerprint density at radius 2 is 2.03 bits per heavy atom. The van der Waals surface area contributed by atoms with Crippen molar-refractivity contribution in [1.82, 2.24) is 20.2 Å². The fraction of sp³-hybridized carbons (Fsp3) is 0.318. The molecule has 6 nitrogen and oxygen atoms in total. The zero-order valence-corrected chi connectivity index (χ0v) is 17.9. The second kappa shape index (κ2) is 10.6. The van der Waals surface area contributed by atoms with E-state index in [0.29, 0.717) is 19.0 Å². The number of nitrogens with zero attached hydrogens (tertiary/aromatic N) is 4. The normalized spacial score (nSPS) is 11.3. The van der Waals surface area contributed by atoms with E-state index in [1.165, 1.54) is 0 Å². The third kappa shape index (κ3) is 6.57. The molecule has 1 aromatic carbocycles. The van der Waals surface area contributed by atoms with Crippen LogP contribution in [0.2, 0.25) is 0 Å². The highest BCUT2D eigenvalue weighted by molar-refractivity contribution is 7.09. The van der Waals surface area contributed by atoms with E-state index >= 15 is 0 Å². The molecule has 3 aromatic rings. The molecule has 3 rings (SSSR count). The first kappa shape index (κ1) is 20.8. The first-order chi connectivity index (χ1) is 14.1. The van der Waals surface area contributed by atoms with Gasteiger partial charge in [0.05, 0.1) is 23.8 Å². The summed E-state index contributed by atoms with van der Waals surface area (Å²) in [7, 11) is 2.02. The minimum atomic E-state index is 0.499. The van der Waals surface area contributed by atoms with E-state index < -0.39 is 0 Å². The Morgan fingerprint density at radius 1 is 1.21 bits per heavy atom. The van der Waals surface area contributed by atoms with Gasteiger partial charge >= 0.3 is 0 Å². The summed E-state index contributed by atoms with van der Waals surface area (Å²) in [6.45, 7) is 6.66. The lowest BCUT2D eigenvalue weighted by Gasteiger charge is -2.21. The Labute approximate surface area is 176 Å². The van der Waals surface area contributed by atoms with Gasteiger partial charge in [-0.2, -0.15) is 0 Å². The molecular formula is C22H27N5OS. The van der Waals surface area contributed by atoms with Crippen molar-refractivity contribution in [3.63, 3.8) is 0 Å². The molecule has 1 N–H and O–H groups in total. The first-order valence-electron chi connectivity index (χ1n) is 9.66. The maximum Gasteiger partial charge on any atom is 0.213 e. The smallest absolute Gasteiger partial charge is 0.213 e. The van der Waals surface area contributed by atoms with Crippen molar-refractivity contribution < 1.29 is 4.74 Å². The van der Waals surface area contributed by atoms with Crippen molar-refractivity contribution in [1.29, 1.82) is 0 Å². The third-order valence-electron chi connectivity index (χ3n) is 4.20. The molecular weight excluding hydrogens is 382 g/mol.